The lowest BCUT2D eigenvalue weighted by molar-refractivity contribution is 0.478. The summed E-state index contributed by atoms with van der Waals surface area (Å²) in [6, 6.07) is 0.799. The fourth-order valence-corrected chi connectivity index (χ4v) is 1.92. The van der Waals surface area contributed by atoms with Gasteiger partial charge in [0.15, 0.2) is 23.3 Å². The van der Waals surface area contributed by atoms with Crippen LogP contribution in [0.15, 0.2) is 6.07 Å². The van der Waals surface area contributed by atoms with E-state index in [2.05, 4.69) is 18.8 Å². The number of nitrogen functional groups attached to an aromatic ring is 1. The van der Waals surface area contributed by atoms with Gasteiger partial charge in [-0.3, -0.25) is 0 Å². The van der Waals surface area contributed by atoms with Crippen LogP contribution in [0, 0.1) is 17.6 Å². The normalized spacial score (nSPS) is 11.0. The van der Waals surface area contributed by atoms with Crippen molar-refractivity contribution in [2.24, 2.45) is 5.92 Å². The van der Waals surface area contributed by atoms with E-state index in [1.807, 2.05) is 11.8 Å². The molecule has 1 rings (SSSR count). The summed E-state index contributed by atoms with van der Waals surface area (Å²) in [7, 11) is 0. The summed E-state index contributed by atoms with van der Waals surface area (Å²) in [4.78, 5) is 5.63. The van der Waals surface area contributed by atoms with Gasteiger partial charge < -0.3 is 10.6 Å². The van der Waals surface area contributed by atoms with E-state index in [9.17, 15) is 8.78 Å². The number of halogens is 2. The van der Waals surface area contributed by atoms with Gasteiger partial charge in [-0.05, 0) is 12.8 Å². The Labute approximate surface area is 107 Å². The molecular weight excluding hydrogens is 236 g/mol. The largest absolute Gasteiger partial charge is 0.381 e. The Hall–Kier alpha value is -1.39. The van der Waals surface area contributed by atoms with Gasteiger partial charge in [0.1, 0.15) is 0 Å². The van der Waals surface area contributed by atoms with Crippen LogP contribution in [0.4, 0.5) is 20.4 Å². The van der Waals surface area contributed by atoms with Crippen LogP contribution in [0.5, 0.6) is 0 Å². The SMILES string of the molecule is CCC(CC)CN(CC)c1nc(N)c(F)cc1F. The van der Waals surface area contributed by atoms with E-state index in [1.165, 1.54) is 0 Å². The molecule has 5 heteroatoms. The molecule has 0 spiro atoms. The minimum absolute atomic E-state index is 0.142. The third-order valence-electron chi connectivity index (χ3n) is 3.25. The van der Waals surface area contributed by atoms with Crippen molar-refractivity contribution in [3.63, 3.8) is 0 Å². The predicted molar refractivity (Wildman–Crippen MR) is 70.5 cm³/mol. The standard InChI is InChI=1S/C13H21F2N3/c1-4-9(5-2)8-18(6-3)13-11(15)7-10(14)12(16)17-13/h7,9H,4-6,8H2,1-3H3,(H2,16,17). The molecule has 0 aliphatic carbocycles. The molecule has 3 nitrogen and oxygen atoms in total. The van der Waals surface area contributed by atoms with E-state index >= 15 is 0 Å². The second kappa shape index (κ2) is 6.52. The monoisotopic (exact) mass is 257 g/mol. The van der Waals surface area contributed by atoms with Crippen molar-refractivity contribution in [1.82, 2.24) is 4.98 Å². The Morgan fingerprint density at radius 1 is 1.22 bits per heavy atom. The highest BCUT2D eigenvalue weighted by molar-refractivity contribution is 5.47. The second-order valence-corrected chi connectivity index (χ2v) is 4.38. The minimum Gasteiger partial charge on any atom is -0.381 e. The predicted octanol–water partition coefficient (Wildman–Crippen LogP) is 3.20. The zero-order valence-electron chi connectivity index (χ0n) is 11.2. The molecule has 1 aromatic rings. The van der Waals surface area contributed by atoms with Gasteiger partial charge in [0.2, 0.25) is 0 Å². The highest BCUT2D eigenvalue weighted by Crippen LogP contribution is 2.22. The number of anilines is 2. The van der Waals surface area contributed by atoms with Crippen LogP contribution < -0.4 is 10.6 Å². The zero-order valence-corrected chi connectivity index (χ0v) is 11.2. The lowest BCUT2D eigenvalue weighted by atomic mass is 10.0. The Kier molecular flexibility index (Phi) is 5.31. The van der Waals surface area contributed by atoms with Crippen molar-refractivity contribution < 1.29 is 8.78 Å². The molecule has 0 fully saturated rings. The Morgan fingerprint density at radius 2 is 1.83 bits per heavy atom. The molecule has 0 saturated carbocycles. The molecule has 2 N–H and O–H groups in total. The van der Waals surface area contributed by atoms with Crippen LogP contribution in [-0.2, 0) is 0 Å². The van der Waals surface area contributed by atoms with Crippen LogP contribution in [0.25, 0.3) is 0 Å². The van der Waals surface area contributed by atoms with E-state index < -0.39 is 11.6 Å². The van der Waals surface area contributed by atoms with Crippen molar-refractivity contribution in [2.75, 3.05) is 23.7 Å². The third-order valence-corrected chi connectivity index (χ3v) is 3.25. The first kappa shape index (κ1) is 14.7. The van der Waals surface area contributed by atoms with Gasteiger partial charge in [0, 0.05) is 19.2 Å². The summed E-state index contributed by atoms with van der Waals surface area (Å²) < 4.78 is 26.8. The maximum atomic E-state index is 13.7. The first-order chi connectivity index (χ1) is 8.53. The average Bonchev–Trinajstić information content (AvgIpc) is 2.36. The van der Waals surface area contributed by atoms with Gasteiger partial charge in [-0.1, -0.05) is 26.7 Å². The smallest absolute Gasteiger partial charge is 0.168 e. The number of nitrogens with zero attached hydrogens (tertiary/aromatic N) is 2. The third kappa shape index (κ3) is 3.31. The number of aromatic nitrogens is 1. The second-order valence-electron chi connectivity index (χ2n) is 4.38. The highest BCUT2D eigenvalue weighted by Gasteiger charge is 2.17. The van der Waals surface area contributed by atoms with Crippen LogP contribution in [-0.4, -0.2) is 18.1 Å². The van der Waals surface area contributed by atoms with Gasteiger partial charge in [0.25, 0.3) is 0 Å². The van der Waals surface area contributed by atoms with Crippen molar-refractivity contribution in [1.29, 1.82) is 0 Å². The molecule has 0 atom stereocenters. The lowest BCUT2D eigenvalue weighted by Crippen LogP contribution is -2.30. The summed E-state index contributed by atoms with van der Waals surface area (Å²) >= 11 is 0. The van der Waals surface area contributed by atoms with Crippen LogP contribution in [0.2, 0.25) is 0 Å². The van der Waals surface area contributed by atoms with Crippen LogP contribution in [0.3, 0.4) is 0 Å². The fourth-order valence-electron chi connectivity index (χ4n) is 1.92. The Balaban J connectivity index is 2.98. The molecule has 0 unspecified atom stereocenters. The first-order valence-electron chi connectivity index (χ1n) is 6.39. The van der Waals surface area contributed by atoms with Crippen molar-refractivity contribution in [3.8, 4) is 0 Å². The molecule has 0 aromatic carbocycles. The number of pyridine rings is 1. The average molecular weight is 257 g/mol. The van der Waals surface area contributed by atoms with Crippen molar-refractivity contribution in [3.05, 3.63) is 17.7 Å². The summed E-state index contributed by atoms with van der Waals surface area (Å²) in [5.74, 6) is -1.11. The van der Waals surface area contributed by atoms with Gasteiger partial charge >= 0.3 is 0 Å². The summed E-state index contributed by atoms with van der Waals surface area (Å²) in [6.07, 6.45) is 2.04. The first-order valence-corrected chi connectivity index (χ1v) is 6.39. The Morgan fingerprint density at radius 3 is 2.33 bits per heavy atom. The molecule has 102 valence electrons. The maximum absolute atomic E-state index is 13.7. The number of hydrogen-bond donors (Lipinski definition) is 1. The highest BCUT2D eigenvalue weighted by atomic mass is 19.1. The van der Waals surface area contributed by atoms with Gasteiger partial charge in [-0.25, -0.2) is 13.8 Å². The summed E-state index contributed by atoms with van der Waals surface area (Å²) in [6.45, 7) is 7.45. The van der Waals surface area contributed by atoms with Gasteiger partial charge in [-0.15, -0.1) is 0 Å². The zero-order chi connectivity index (χ0) is 13.7. The fraction of sp³-hybridized carbons (Fsp3) is 0.615. The molecular formula is C13H21F2N3. The van der Waals surface area contributed by atoms with E-state index in [0.29, 0.717) is 19.0 Å². The van der Waals surface area contributed by atoms with Crippen molar-refractivity contribution >= 4 is 11.6 Å². The van der Waals surface area contributed by atoms with E-state index in [0.717, 1.165) is 18.9 Å². The van der Waals surface area contributed by atoms with Crippen molar-refractivity contribution in [2.45, 2.75) is 33.6 Å². The van der Waals surface area contributed by atoms with E-state index in [-0.39, 0.29) is 11.6 Å². The van der Waals surface area contributed by atoms with E-state index in [4.69, 9.17) is 5.73 Å². The molecule has 0 aliphatic heterocycles. The molecule has 0 amide bonds. The molecule has 0 aliphatic rings. The van der Waals surface area contributed by atoms with Crippen LogP contribution >= 0.6 is 0 Å². The topological polar surface area (TPSA) is 42.2 Å². The summed E-state index contributed by atoms with van der Waals surface area (Å²) in [5, 5.41) is 0. The summed E-state index contributed by atoms with van der Waals surface area (Å²) in [5.41, 5.74) is 5.40. The quantitative estimate of drug-likeness (QED) is 0.851. The number of nitrogens with two attached hydrogens (primary N) is 1. The maximum Gasteiger partial charge on any atom is 0.168 e. The molecule has 18 heavy (non-hydrogen) atoms. The molecule has 0 bridgehead atoms. The number of rotatable bonds is 6. The molecule has 0 saturated heterocycles. The lowest BCUT2D eigenvalue weighted by Gasteiger charge is -2.26. The Bertz CT molecular complexity index is 392. The van der Waals surface area contributed by atoms with Gasteiger partial charge in [0.05, 0.1) is 0 Å². The molecule has 0 radical (unpaired) electrons. The van der Waals surface area contributed by atoms with Crippen LogP contribution in [0.1, 0.15) is 33.6 Å². The molecule has 1 heterocycles. The number of hydrogen-bond acceptors (Lipinski definition) is 3. The minimum atomic E-state index is -0.810. The van der Waals surface area contributed by atoms with E-state index in [1.54, 1.807) is 0 Å². The van der Waals surface area contributed by atoms with Gasteiger partial charge in [-0.2, -0.15) is 0 Å². The molecule has 1 aromatic heterocycles.